The van der Waals surface area contributed by atoms with Crippen molar-refractivity contribution in [3.05, 3.63) is 48.0 Å². The molecule has 0 radical (unpaired) electrons. The summed E-state index contributed by atoms with van der Waals surface area (Å²) in [7, 11) is -2.60. The van der Waals surface area contributed by atoms with Crippen molar-refractivity contribution in [1.82, 2.24) is 4.72 Å². The first-order valence-corrected chi connectivity index (χ1v) is 10.1. The Kier molecular flexibility index (Phi) is 5.55. The van der Waals surface area contributed by atoms with E-state index in [1.165, 1.54) is 25.3 Å². The molecule has 0 unspecified atom stereocenters. The highest BCUT2D eigenvalue weighted by atomic mass is 32.2. The summed E-state index contributed by atoms with van der Waals surface area (Å²) >= 11 is 0. The van der Waals surface area contributed by atoms with E-state index in [0.717, 1.165) is 0 Å². The van der Waals surface area contributed by atoms with Gasteiger partial charge < -0.3 is 14.8 Å². The number of methoxy groups -OCH3 is 1. The Labute approximate surface area is 162 Å². The normalized spacial score (nSPS) is 15.8. The van der Waals surface area contributed by atoms with E-state index in [1.807, 2.05) is 11.6 Å². The number of amides is 2. The molecule has 1 aliphatic heterocycles. The first-order valence-electron chi connectivity index (χ1n) is 8.62. The van der Waals surface area contributed by atoms with Crippen molar-refractivity contribution in [3.63, 3.8) is 0 Å². The molecule has 0 aliphatic carbocycles. The minimum atomic E-state index is -4.10. The van der Waals surface area contributed by atoms with Gasteiger partial charge in [-0.15, -0.1) is 0 Å². The third-order valence-electron chi connectivity index (χ3n) is 4.20. The Morgan fingerprint density at radius 3 is 2.75 bits per heavy atom. The Morgan fingerprint density at radius 2 is 2.04 bits per heavy atom. The van der Waals surface area contributed by atoms with Gasteiger partial charge in [-0.2, -0.15) is 0 Å². The molecule has 0 saturated heterocycles. The Hall–Kier alpha value is -3.07. The van der Waals surface area contributed by atoms with E-state index >= 15 is 0 Å². The second-order valence-corrected chi connectivity index (χ2v) is 7.90. The quantitative estimate of drug-likeness (QED) is 0.760. The number of anilines is 1. The van der Waals surface area contributed by atoms with Crippen molar-refractivity contribution in [3.8, 4) is 11.5 Å². The van der Waals surface area contributed by atoms with Crippen LogP contribution in [0.3, 0.4) is 0 Å². The van der Waals surface area contributed by atoms with Crippen molar-refractivity contribution in [2.24, 2.45) is 0 Å². The van der Waals surface area contributed by atoms with Crippen LogP contribution in [0.5, 0.6) is 11.5 Å². The standard InChI is InChI=1S/C19H20N2O6S/c1-3-16-19(23)20-15-11-14(7-8-17(15)27-16)28(24,25)21-18(22)10-12-5-4-6-13(9-12)26-2/h4-9,11,16H,3,10H2,1-2H3,(H,20,23)(H,21,22)/t16-/m0/s1. The summed E-state index contributed by atoms with van der Waals surface area (Å²) < 4.78 is 37.7. The molecule has 1 aliphatic rings. The van der Waals surface area contributed by atoms with E-state index < -0.39 is 22.0 Å². The predicted octanol–water partition coefficient (Wildman–Crippen LogP) is 1.85. The van der Waals surface area contributed by atoms with Crippen molar-refractivity contribution in [2.45, 2.75) is 30.8 Å². The molecule has 148 valence electrons. The molecule has 1 heterocycles. The molecule has 1 atom stereocenters. The molecule has 2 amide bonds. The number of benzene rings is 2. The third kappa shape index (κ3) is 4.25. The molecule has 2 aromatic rings. The van der Waals surface area contributed by atoms with Gasteiger partial charge in [-0.3, -0.25) is 9.59 Å². The number of carbonyl (C=O) groups excluding carboxylic acids is 2. The van der Waals surface area contributed by atoms with Crippen LogP contribution in [0.15, 0.2) is 47.4 Å². The van der Waals surface area contributed by atoms with Crippen LogP contribution in [0.1, 0.15) is 18.9 Å². The number of hydrogen-bond donors (Lipinski definition) is 2. The van der Waals surface area contributed by atoms with Gasteiger partial charge in [0.1, 0.15) is 11.5 Å². The number of nitrogens with one attached hydrogen (secondary N) is 2. The highest BCUT2D eigenvalue weighted by Gasteiger charge is 2.28. The first kappa shape index (κ1) is 19.7. The average Bonchev–Trinajstić information content (AvgIpc) is 2.66. The maximum absolute atomic E-state index is 12.5. The monoisotopic (exact) mass is 404 g/mol. The Morgan fingerprint density at radius 1 is 1.25 bits per heavy atom. The summed E-state index contributed by atoms with van der Waals surface area (Å²) in [4.78, 5) is 24.0. The minimum absolute atomic E-state index is 0.126. The van der Waals surface area contributed by atoms with Crippen LogP contribution >= 0.6 is 0 Å². The highest BCUT2D eigenvalue weighted by molar-refractivity contribution is 7.90. The Bertz CT molecular complexity index is 1020. The van der Waals surface area contributed by atoms with E-state index in [4.69, 9.17) is 9.47 Å². The Balaban J connectivity index is 1.75. The van der Waals surface area contributed by atoms with Gasteiger partial charge in [0.2, 0.25) is 5.91 Å². The lowest BCUT2D eigenvalue weighted by Crippen LogP contribution is -2.36. The molecular formula is C19H20N2O6S. The van der Waals surface area contributed by atoms with Crippen LogP contribution in [0, 0.1) is 0 Å². The molecular weight excluding hydrogens is 384 g/mol. The first-order chi connectivity index (χ1) is 13.3. The molecule has 9 heteroatoms. The van der Waals surface area contributed by atoms with Gasteiger partial charge >= 0.3 is 0 Å². The molecule has 2 aromatic carbocycles. The van der Waals surface area contributed by atoms with E-state index in [1.54, 1.807) is 24.3 Å². The van der Waals surface area contributed by atoms with Gasteiger partial charge in [0.25, 0.3) is 15.9 Å². The van der Waals surface area contributed by atoms with Crippen molar-refractivity contribution in [1.29, 1.82) is 0 Å². The van der Waals surface area contributed by atoms with Crippen molar-refractivity contribution in [2.75, 3.05) is 12.4 Å². The van der Waals surface area contributed by atoms with Crippen LogP contribution in [-0.2, 0) is 26.0 Å². The largest absolute Gasteiger partial charge is 0.497 e. The zero-order valence-electron chi connectivity index (χ0n) is 15.4. The van der Waals surface area contributed by atoms with Crippen LogP contribution in [0.4, 0.5) is 5.69 Å². The topological polar surface area (TPSA) is 111 Å². The summed E-state index contributed by atoms with van der Waals surface area (Å²) in [5, 5.41) is 2.62. The maximum atomic E-state index is 12.5. The van der Waals surface area contributed by atoms with Gasteiger partial charge in [0, 0.05) is 0 Å². The molecule has 2 N–H and O–H groups in total. The molecule has 0 saturated carbocycles. The van der Waals surface area contributed by atoms with Gasteiger partial charge in [-0.25, -0.2) is 13.1 Å². The second-order valence-electron chi connectivity index (χ2n) is 6.22. The van der Waals surface area contributed by atoms with E-state index in [-0.39, 0.29) is 22.9 Å². The summed E-state index contributed by atoms with van der Waals surface area (Å²) in [6, 6.07) is 10.8. The highest BCUT2D eigenvalue weighted by Crippen LogP contribution is 2.32. The van der Waals surface area contributed by atoms with Crippen LogP contribution < -0.4 is 19.5 Å². The minimum Gasteiger partial charge on any atom is -0.497 e. The zero-order chi connectivity index (χ0) is 20.3. The molecule has 3 rings (SSSR count). The lowest BCUT2D eigenvalue weighted by Gasteiger charge is -2.25. The summed E-state index contributed by atoms with van der Waals surface area (Å²) in [6.45, 7) is 1.81. The fraction of sp³-hybridized carbons (Fsp3) is 0.263. The molecule has 28 heavy (non-hydrogen) atoms. The van der Waals surface area contributed by atoms with Crippen molar-refractivity contribution >= 4 is 27.5 Å². The zero-order valence-corrected chi connectivity index (χ0v) is 16.2. The average molecular weight is 404 g/mol. The fourth-order valence-corrected chi connectivity index (χ4v) is 3.79. The molecule has 0 spiro atoms. The van der Waals surface area contributed by atoms with Gasteiger partial charge in [0.15, 0.2) is 6.10 Å². The van der Waals surface area contributed by atoms with Gasteiger partial charge in [0.05, 0.1) is 24.1 Å². The number of hydrogen-bond acceptors (Lipinski definition) is 6. The SMILES string of the molecule is CC[C@@H]1Oc2ccc(S(=O)(=O)NC(=O)Cc3cccc(OC)c3)cc2NC1=O. The van der Waals surface area contributed by atoms with Gasteiger partial charge in [-0.1, -0.05) is 19.1 Å². The number of ether oxygens (including phenoxy) is 2. The maximum Gasteiger partial charge on any atom is 0.265 e. The van der Waals surface area contributed by atoms with E-state index in [9.17, 15) is 18.0 Å². The number of rotatable bonds is 6. The lowest BCUT2D eigenvalue weighted by atomic mass is 10.1. The van der Waals surface area contributed by atoms with Crippen LogP contribution in [0.2, 0.25) is 0 Å². The summed E-state index contributed by atoms with van der Waals surface area (Å²) in [6.07, 6.45) is -0.247. The fourth-order valence-electron chi connectivity index (χ4n) is 2.78. The van der Waals surface area contributed by atoms with Crippen LogP contribution in [-0.4, -0.2) is 33.4 Å². The molecule has 0 fully saturated rings. The second kappa shape index (κ2) is 7.89. The predicted molar refractivity (Wildman–Crippen MR) is 102 cm³/mol. The number of carbonyl (C=O) groups is 2. The summed E-state index contributed by atoms with van der Waals surface area (Å²) in [5.74, 6) is -0.0685. The third-order valence-corrected chi connectivity index (χ3v) is 5.57. The smallest absolute Gasteiger partial charge is 0.265 e. The van der Waals surface area contributed by atoms with E-state index in [0.29, 0.717) is 23.5 Å². The van der Waals surface area contributed by atoms with Crippen LogP contribution in [0.25, 0.3) is 0 Å². The summed E-state index contributed by atoms with van der Waals surface area (Å²) in [5.41, 5.74) is 0.863. The number of fused-ring (bicyclic) bond motifs is 1. The van der Waals surface area contributed by atoms with E-state index in [2.05, 4.69) is 5.32 Å². The number of sulfonamides is 1. The molecule has 0 bridgehead atoms. The lowest BCUT2D eigenvalue weighted by molar-refractivity contribution is -0.123. The van der Waals surface area contributed by atoms with Gasteiger partial charge in [-0.05, 0) is 42.3 Å². The molecule has 0 aromatic heterocycles. The molecule has 8 nitrogen and oxygen atoms in total. The van der Waals surface area contributed by atoms with Crippen molar-refractivity contribution < 1.29 is 27.5 Å².